The van der Waals surface area contributed by atoms with Crippen LogP contribution in [0.15, 0.2) is 36.4 Å². The molecule has 0 unspecified atom stereocenters. The summed E-state index contributed by atoms with van der Waals surface area (Å²) in [6.07, 6.45) is 0. The number of halogens is 1. The minimum atomic E-state index is -0.284. The summed E-state index contributed by atoms with van der Waals surface area (Å²) >= 11 is 5.30. The van der Waals surface area contributed by atoms with Crippen molar-refractivity contribution in [1.82, 2.24) is 0 Å². The lowest BCUT2D eigenvalue weighted by atomic mass is 10.1. The van der Waals surface area contributed by atoms with Gasteiger partial charge in [-0.3, -0.25) is 0 Å². The van der Waals surface area contributed by atoms with E-state index in [1.165, 1.54) is 12.1 Å². The van der Waals surface area contributed by atoms with Gasteiger partial charge in [-0.2, -0.15) is 0 Å². The Hall–Kier alpha value is -1.94. The summed E-state index contributed by atoms with van der Waals surface area (Å²) in [6, 6.07) is 10.6. The zero-order valence-corrected chi connectivity index (χ0v) is 12.6. The molecule has 0 aliphatic heterocycles. The average molecular weight is 288 g/mol. The van der Waals surface area contributed by atoms with Crippen molar-refractivity contribution in [3.8, 4) is 0 Å². The van der Waals surface area contributed by atoms with Crippen LogP contribution in [0.1, 0.15) is 16.7 Å². The highest BCUT2D eigenvalue weighted by Crippen LogP contribution is 2.21. The molecule has 20 heavy (non-hydrogen) atoms. The summed E-state index contributed by atoms with van der Waals surface area (Å²) in [5.74, 6) is -0.284. The van der Waals surface area contributed by atoms with Crippen molar-refractivity contribution in [3.05, 3.63) is 58.9 Å². The van der Waals surface area contributed by atoms with E-state index in [1.807, 2.05) is 39.0 Å². The molecule has 0 spiro atoms. The Balaban J connectivity index is 2.15. The van der Waals surface area contributed by atoms with Crippen molar-refractivity contribution in [1.29, 1.82) is 0 Å². The van der Waals surface area contributed by atoms with Gasteiger partial charge in [-0.15, -0.1) is 0 Å². The van der Waals surface area contributed by atoms with Crippen LogP contribution in [0.2, 0.25) is 0 Å². The number of benzene rings is 2. The monoisotopic (exact) mass is 288 g/mol. The molecular weight excluding hydrogens is 271 g/mol. The summed E-state index contributed by atoms with van der Waals surface area (Å²) in [4.78, 5) is 0. The van der Waals surface area contributed by atoms with E-state index < -0.39 is 0 Å². The highest BCUT2D eigenvalue weighted by molar-refractivity contribution is 7.80. The Morgan fingerprint density at radius 3 is 2.25 bits per heavy atom. The molecule has 0 saturated heterocycles. The van der Waals surface area contributed by atoms with Gasteiger partial charge in [0.25, 0.3) is 0 Å². The van der Waals surface area contributed by atoms with Crippen LogP contribution < -0.4 is 10.6 Å². The maximum Gasteiger partial charge on any atom is 0.175 e. The van der Waals surface area contributed by atoms with E-state index in [0.717, 1.165) is 22.4 Å². The topological polar surface area (TPSA) is 24.1 Å². The van der Waals surface area contributed by atoms with Crippen LogP contribution >= 0.6 is 12.2 Å². The van der Waals surface area contributed by atoms with Crippen LogP contribution in [-0.4, -0.2) is 5.11 Å². The zero-order chi connectivity index (χ0) is 14.7. The van der Waals surface area contributed by atoms with E-state index >= 15 is 0 Å². The lowest BCUT2D eigenvalue weighted by Crippen LogP contribution is -2.20. The smallest absolute Gasteiger partial charge is 0.175 e. The Kier molecular flexibility index (Phi) is 4.35. The van der Waals surface area contributed by atoms with Gasteiger partial charge in [-0.25, -0.2) is 4.39 Å². The second-order valence-electron chi connectivity index (χ2n) is 4.81. The first kappa shape index (κ1) is 14.5. The molecule has 0 aliphatic rings. The van der Waals surface area contributed by atoms with Crippen molar-refractivity contribution >= 4 is 28.7 Å². The van der Waals surface area contributed by atoms with Gasteiger partial charge in [-0.05, 0) is 61.8 Å². The van der Waals surface area contributed by atoms with Crippen LogP contribution in [0, 0.1) is 26.6 Å². The van der Waals surface area contributed by atoms with E-state index in [0.29, 0.717) is 10.8 Å². The first-order valence-corrected chi connectivity index (χ1v) is 6.78. The zero-order valence-electron chi connectivity index (χ0n) is 11.8. The summed E-state index contributed by atoms with van der Waals surface area (Å²) in [5.41, 5.74) is 4.83. The lowest BCUT2D eigenvalue weighted by molar-refractivity contribution is 0.628. The number of hydrogen-bond acceptors (Lipinski definition) is 1. The van der Waals surface area contributed by atoms with Crippen LogP contribution in [0.5, 0.6) is 0 Å². The SMILES string of the molecule is Cc1ccc(F)cc1NC(=S)Nc1c(C)cccc1C. The van der Waals surface area contributed by atoms with Gasteiger partial charge in [0.1, 0.15) is 5.82 Å². The van der Waals surface area contributed by atoms with Crippen molar-refractivity contribution < 1.29 is 4.39 Å². The molecule has 0 amide bonds. The molecule has 0 bridgehead atoms. The third-order valence-corrected chi connectivity index (χ3v) is 3.37. The normalized spacial score (nSPS) is 10.2. The third kappa shape index (κ3) is 3.33. The highest BCUT2D eigenvalue weighted by Gasteiger charge is 2.06. The maximum absolute atomic E-state index is 13.2. The van der Waals surface area contributed by atoms with Gasteiger partial charge >= 0.3 is 0 Å². The summed E-state index contributed by atoms with van der Waals surface area (Å²) in [6.45, 7) is 5.94. The second kappa shape index (κ2) is 6.01. The number of aryl methyl sites for hydroxylation is 3. The van der Waals surface area contributed by atoms with Crippen LogP contribution in [0.25, 0.3) is 0 Å². The molecule has 0 aromatic heterocycles. The quantitative estimate of drug-likeness (QED) is 0.792. The molecule has 0 atom stereocenters. The molecule has 0 heterocycles. The Bertz CT molecular complexity index is 633. The molecule has 0 fully saturated rings. The molecule has 2 N–H and O–H groups in total. The van der Waals surface area contributed by atoms with Crippen LogP contribution in [0.4, 0.5) is 15.8 Å². The predicted octanol–water partition coefficient (Wildman–Crippen LogP) is 4.56. The molecular formula is C16H17FN2S. The third-order valence-electron chi connectivity index (χ3n) is 3.17. The van der Waals surface area contributed by atoms with E-state index in [1.54, 1.807) is 6.07 Å². The number of para-hydroxylation sites is 1. The van der Waals surface area contributed by atoms with E-state index in [2.05, 4.69) is 10.6 Å². The molecule has 4 heteroatoms. The van der Waals surface area contributed by atoms with E-state index in [4.69, 9.17) is 12.2 Å². The first-order valence-electron chi connectivity index (χ1n) is 6.38. The van der Waals surface area contributed by atoms with Gasteiger partial charge in [0.2, 0.25) is 0 Å². The maximum atomic E-state index is 13.2. The standard InChI is InChI=1S/C16H17FN2S/c1-10-7-8-13(17)9-14(10)18-16(20)19-15-11(2)5-4-6-12(15)3/h4-9H,1-3H3,(H2,18,19,20). The van der Waals surface area contributed by atoms with Crippen LogP contribution in [-0.2, 0) is 0 Å². The Labute approximate surface area is 124 Å². The first-order chi connectivity index (χ1) is 9.47. The fourth-order valence-electron chi connectivity index (χ4n) is 2.01. The largest absolute Gasteiger partial charge is 0.332 e. The van der Waals surface area contributed by atoms with Crippen molar-refractivity contribution in [3.63, 3.8) is 0 Å². The lowest BCUT2D eigenvalue weighted by Gasteiger charge is -2.15. The average Bonchev–Trinajstić information content (AvgIpc) is 2.38. The van der Waals surface area contributed by atoms with E-state index in [9.17, 15) is 4.39 Å². The summed E-state index contributed by atoms with van der Waals surface area (Å²) in [7, 11) is 0. The molecule has 0 saturated carbocycles. The molecule has 2 nitrogen and oxygen atoms in total. The van der Waals surface area contributed by atoms with Crippen molar-refractivity contribution in [2.75, 3.05) is 10.6 Å². The number of anilines is 2. The van der Waals surface area contributed by atoms with Crippen molar-refractivity contribution in [2.45, 2.75) is 20.8 Å². The van der Waals surface area contributed by atoms with Gasteiger partial charge in [0.05, 0.1) is 0 Å². The van der Waals surface area contributed by atoms with Gasteiger partial charge in [0, 0.05) is 11.4 Å². The number of thiocarbonyl (C=S) groups is 1. The number of nitrogens with one attached hydrogen (secondary N) is 2. The minimum Gasteiger partial charge on any atom is -0.332 e. The Morgan fingerprint density at radius 2 is 1.60 bits per heavy atom. The molecule has 2 rings (SSSR count). The number of hydrogen-bond donors (Lipinski definition) is 2. The predicted molar refractivity (Wildman–Crippen MR) is 86.9 cm³/mol. The Morgan fingerprint density at radius 1 is 0.950 bits per heavy atom. The fraction of sp³-hybridized carbons (Fsp3) is 0.188. The van der Waals surface area contributed by atoms with E-state index in [-0.39, 0.29) is 5.82 Å². The summed E-state index contributed by atoms with van der Waals surface area (Å²) in [5, 5.41) is 6.66. The number of rotatable bonds is 2. The molecule has 2 aromatic rings. The minimum absolute atomic E-state index is 0.284. The molecule has 0 radical (unpaired) electrons. The molecule has 104 valence electrons. The van der Waals surface area contributed by atoms with Gasteiger partial charge < -0.3 is 10.6 Å². The van der Waals surface area contributed by atoms with Crippen LogP contribution in [0.3, 0.4) is 0 Å². The second-order valence-corrected chi connectivity index (χ2v) is 5.21. The molecule has 2 aromatic carbocycles. The summed E-state index contributed by atoms with van der Waals surface area (Å²) < 4.78 is 13.2. The van der Waals surface area contributed by atoms with Crippen molar-refractivity contribution in [2.24, 2.45) is 0 Å². The molecule has 0 aliphatic carbocycles. The van der Waals surface area contributed by atoms with Gasteiger partial charge in [-0.1, -0.05) is 24.3 Å². The van der Waals surface area contributed by atoms with Gasteiger partial charge in [0.15, 0.2) is 5.11 Å². The fourth-order valence-corrected chi connectivity index (χ4v) is 2.22. The highest BCUT2D eigenvalue weighted by atomic mass is 32.1.